The van der Waals surface area contributed by atoms with Crippen LogP contribution in [0.1, 0.15) is 42.1 Å². The summed E-state index contributed by atoms with van der Waals surface area (Å²) in [5, 5.41) is 18.5. The van der Waals surface area contributed by atoms with E-state index in [0.717, 1.165) is 47.0 Å². The minimum atomic E-state index is -3.93. The molecule has 3 aromatic rings. The number of aromatic nitrogens is 1. The van der Waals surface area contributed by atoms with Crippen LogP contribution >= 0.6 is 11.3 Å². The van der Waals surface area contributed by atoms with Crippen molar-refractivity contribution in [3.05, 3.63) is 53.6 Å². The Balaban J connectivity index is 1.58. The van der Waals surface area contributed by atoms with Crippen molar-refractivity contribution in [3.8, 4) is 12.1 Å². The van der Waals surface area contributed by atoms with Gasteiger partial charge in [0.05, 0.1) is 40.5 Å². The lowest BCUT2D eigenvalue weighted by molar-refractivity contribution is 0.0376. The fourth-order valence-corrected chi connectivity index (χ4v) is 7.12. The van der Waals surface area contributed by atoms with Crippen LogP contribution in [-0.4, -0.2) is 81.0 Å². The van der Waals surface area contributed by atoms with E-state index in [1.54, 1.807) is 4.90 Å². The lowest BCUT2D eigenvalue weighted by atomic mass is 10.2. The van der Waals surface area contributed by atoms with Gasteiger partial charge >= 0.3 is 0 Å². The molecule has 0 aliphatic carbocycles. The number of anilines is 1. The first-order valence-corrected chi connectivity index (χ1v) is 16.0. The number of benzene rings is 2. The molecular weight excluding hydrogens is 560 g/mol. The van der Waals surface area contributed by atoms with Gasteiger partial charge in [-0.1, -0.05) is 24.3 Å². The molecule has 0 N–H and O–H groups in total. The zero-order valence-electron chi connectivity index (χ0n) is 23.2. The fourth-order valence-electron chi connectivity index (χ4n) is 4.63. The van der Waals surface area contributed by atoms with E-state index >= 15 is 0 Å². The van der Waals surface area contributed by atoms with Gasteiger partial charge in [-0.05, 0) is 54.8 Å². The topological polar surface area (TPSA) is 131 Å². The Bertz CT molecular complexity index is 1500. The average Bonchev–Trinajstić information content (AvgIpc) is 3.42. The molecule has 1 aliphatic rings. The van der Waals surface area contributed by atoms with Crippen molar-refractivity contribution in [1.82, 2.24) is 14.2 Å². The Morgan fingerprint density at radius 3 is 2.37 bits per heavy atom. The lowest BCUT2D eigenvalue weighted by Crippen LogP contribution is -2.39. The second kappa shape index (κ2) is 14.5. The summed E-state index contributed by atoms with van der Waals surface area (Å²) in [5.41, 5.74) is 2.39. The van der Waals surface area contributed by atoms with Gasteiger partial charge in [0.2, 0.25) is 10.0 Å². The maximum Gasteiger partial charge on any atom is 0.260 e. The van der Waals surface area contributed by atoms with Gasteiger partial charge in [0.1, 0.15) is 0 Å². The predicted molar refractivity (Wildman–Crippen MR) is 158 cm³/mol. The van der Waals surface area contributed by atoms with Gasteiger partial charge in [-0.25, -0.2) is 13.4 Å². The van der Waals surface area contributed by atoms with Crippen LogP contribution in [0.2, 0.25) is 0 Å². The largest absolute Gasteiger partial charge is 0.379 e. The molecule has 1 fully saturated rings. The molecular formula is C29H34N6O4S2. The maximum absolute atomic E-state index is 13.8. The van der Waals surface area contributed by atoms with Crippen LogP contribution in [0.25, 0.3) is 10.2 Å². The molecule has 1 aromatic heterocycles. The second-order valence-electron chi connectivity index (χ2n) is 9.66. The molecule has 1 aliphatic heterocycles. The molecule has 2 heterocycles. The number of sulfonamides is 1. The number of amides is 1. The monoisotopic (exact) mass is 594 g/mol. The molecule has 0 saturated carbocycles. The number of nitrogens with zero attached hydrogens (tertiary/aromatic N) is 6. The molecule has 12 heteroatoms. The quantitative estimate of drug-likeness (QED) is 0.290. The second-order valence-corrected chi connectivity index (χ2v) is 12.6. The Labute approximate surface area is 245 Å². The molecule has 216 valence electrons. The number of nitriles is 2. The zero-order chi connectivity index (χ0) is 29.2. The Kier molecular flexibility index (Phi) is 10.8. The van der Waals surface area contributed by atoms with Gasteiger partial charge in [0, 0.05) is 57.7 Å². The molecule has 2 aromatic carbocycles. The number of hydrogen-bond donors (Lipinski definition) is 0. The first kappa shape index (κ1) is 30.6. The summed E-state index contributed by atoms with van der Waals surface area (Å²) in [6, 6.07) is 15.9. The molecule has 1 amide bonds. The molecule has 1 saturated heterocycles. The van der Waals surface area contributed by atoms with Crippen LogP contribution in [0.5, 0.6) is 0 Å². The summed E-state index contributed by atoms with van der Waals surface area (Å²) in [7, 11) is -3.93. The van der Waals surface area contributed by atoms with E-state index in [9.17, 15) is 13.2 Å². The van der Waals surface area contributed by atoms with Crippen molar-refractivity contribution in [2.24, 2.45) is 0 Å². The SMILES string of the molecule is CCc1ccc2nc(N(CCCN3CCOCC3)C(=O)c3ccc(S(=O)(=O)N(CCC#N)CCC#N)cc3)sc2c1. The fraction of sp³-hybridized carbons (Fsp3) is 0.448. The number of thiazole rings is 1. The van der Waals surface area contributed by atoms with Crippen molar-refractivity contribution < 1.29 is 17.9 Å². The summed E-state index contributed by atoms with van der Waals surface area (Å²) in [4.78, 5) is 22.6. The highest BCUT2D eigenvalue weighted by molar-refractivity contribution is 7.89. The van der Waals surface area contributed by atoms with Crippen LogP contribution in [-0.2, 0) is 21.2 Å². The first-order valence-electron chi connectivity index (χ1n) is 13.7. The minimum absolute atomic E-state index is 0.00450. The van der Waals surface area contributed by atoms with Gasteiger partial charge < -0.3 is 4.74 Å². The van der Waals surface area contributed by atoms with Gasteiger partial charge in [-0.3, -0.25) is 14.6 Å². The van der Waals surface area contributed by atoms with Crippen molar-refractivity contribution >= 4 is 42.6 Å². The minimum Gasteiger partial charge on any atom is -0.379 e. The van der Waals surface area contributed by atoms with E-state index in [4.69, 9.17) is 20.2 Å². The first-order chi connectivity index (χ1) is 19.9. The number of morpholine rings is 1. The molecule has 0 spiro atoms. The number of rotatable bonds is 13. The highest BCUT2D eigenvalue weighted by Gasteiger charge is 2.26. The predicted octanol–water partition coefficient (Wildman–Crippen LogP) is 4.05. The Morgan fingerprint density at radius 1 is 1.05 bits per heavy atom. The van der Waals surface area contributed by atoms with Gasteiger partial charge in [-0.2, -0.15) is 14.8 Å². The van der Waals surface area contributed by atoms with E-state index in [-0.39, 0.29) is 36.7 Å². The maximum atomic E-state index is 13.8. The van der Waals surface area contributed by atoms with E-state index in [1.807, 2.05) is 24.3 Å². The molecule has 0 radical (unpaired) electrons. The van der Waals surface area contributed by atoms with Crippen LogP contribution in [0.4, 0.5) is 5.13 Å². The normalized spacial score (nSPS) is 14.1. The number of carbonyl (C=O) groups excluding carboxylic acids is 1. The summed E-state index contributed by atoms with van der Waals surface area (Å²) in [6.07, 6.45) is 1.69. The molecule has 4 rings (SSSR count). The van der Waals surface area contributed by atoms with E-state index in [1.165, 1.54) is 41.2 Å². The molecule has 0 atom stereocenters. The van der Waals surface area contributed by atoms with E-state index < -0.39 is 10.0 Å². The number of fused-ring (bicyclic) bond motifs is 1. The molecule has 0 unspecified atom stereocenters. The van der Waals surface area contributed by atoms with Crippen molar-refractivity contribution in [3.63, 3.8) is 0 Å². The average molecular weight is 595 g/mol. The Hall–Kier alpha value is -3.39. The number of aryl methyl sites for hydroxylation is 1. The standard InChI is InChI=1S/C29H34N6O4S2/c1-2-23-6-11-26-27(22-23)40-29(32-26)35(17-5-14-33-18-20-39-21-19-33)28(36)24-7-9-25(10-8-24)41(37,38)34(15-3-12-30)16-4-13-31/h6-11,22H,2-5,14-21H2,1H3. The third kappa shape index (κ3) is 7.67. The number of carbonyl (C=O) groups is 1. The van der Waals surface area contributed by atoms with Crippen molar-refractivity contribution in [2.45, 2.75) is 37.5 Å². The van der Waals surface area contributed by atoms with Gasteiger partial charge in [-0.15, -0.1) is 0 Å². The van der Waals surface area contributed by atoms with E-state index in [2.05, 4.69) is 17.9 Å². The third-order valence-corrected chi connectivity index (χ3v) is 9.92. The third-order valence-electron chi connectivity index (χ3n) is 6.97. The Morgan fingerprint density at radius 2 is 1.73 bits per heavy atom. The van der Waals surface area contributed by atoms with Gasteiger partial charge in [0.15, 0.2) is 5.13 Å². The summed E-state index contributed by atoms with van der Waals surface area (Å²) >= 11 is 1.48. The highest BCUT2D eigenvalue weighted by atomic mass is 32.2. The molecule has 41 heavy (non-hydrogen) atoms. The summed E-state index contributed by atoms with van der Waals surface area (Å²) in [5.74, 6) is -0.253. The van der Waals surface area contributed by atoms with Crippen molar-refractivity contribution in [1.29, 1.82) is 10.5 Å². The van der Waals surface area contributed by atoms with Crippen molar-refractivity contribution in [2.75, 3.05) is 57.4 Å². The number of hydrogen-bond acceptors (Lipinski definition) is 9. The van der Waals surface area contributed by atoms with Gasteiger partial charge in [0.25, 0.3) is 5.91 Å². The van der Waals surface area contributed by atoms with Crippen LogP contribution in [0.3, 0.4) is 0 Å². The highest BCUT2D eigenvalue weighted by Crippen LogP contribution is 2.31. The van der Waals surface area contributed by atoms with E-state index in [0.29, 0.717) is 30.5 Å². The molecule has 10 nitrogen and oxygen atoms in total. The van der Waals surface area contributed by atoms with Crippen LogP contribution in [0.15, 0.2) is 47.4 Å². The molecule has 0 bridgehead atoms. The summed E-state index contributed by atoms with van der Waals surface area (Å²) < 4.78 is 34.0. The van der Waals surface area contributed by atoms with Crippen LogP contribution < -0.4 is 4.90 Å². The number of ether oxygens (including phenoxy) is 1. The van der Waals surface area contributed by atoms with Crippen LogP contribution in [0, 0.1) is 22.7 Å². The smallest absolute Gasteiger partial charge is 0.260 e. The zero-order valence-corrected chi connectivity index (χ0v) is 24.8. The lowest BCUT2D eigenvalue weighted by Gasteiger charge is -2.27. The summed E-state index contributed by atoms with van der Waals surface area (Å²) in [6.45, 7) is 6.53.